The number of rotatable bonds is 5. The Kier molecular flexibility index (Phi) is 5.44. The van der Waals surface area contributed by atoms with Crippen LogP contribution in [0, 0.1) is 0 Å². The minimum Gasteiger partial charge on any atom is -0.341 e. The number of anilines is 2. The molecule has 1 aliphatic heterocycles. The Balaban J connectivity index is 2.33. The quantitative estimate of drug-likeness (QED) is 0.849. The van der Waals surface area contributed by atoms with Crippen molar-refractivity contribution in [1.29, 1.82) is 0 Å². The van der Waals surface area contributed by atoms with Crippen LogP contribution in [0.3, 0.4) is 0 Å². The van der Waals surface area contributed by atoms with Crippen molar-refractivity contribution >= 4 is 35.6 Å². The van der Waals surface area contributed by atoms with Gasteiger partial charge in [-0.3, -0.25) is 14.4 Å². The predicted molar refractivity (Wildman–Crippen MR) is 111 cm³/mol. The minimum absolute atomic E-state index is 0.0475. The smallest absolute Gasteiger partial charge is 0.191 e. The second-order valence-electron chi connectivity index (χ2n) is 5.73. The number of hydrogen-bond donors (Lipinski definition) is 1. The summed E-state index contributed by atoms with van der Waals surface area (Å²) in [5.41, 5.74) is 1.72. The molecule has 0 saturated heterocycles. The molecule has 0 unspecified atom stereocenters. The number of pyridine rings is 1. The molecule has 4 heteroatoms. The number of hydrogen-bond acceptors (Lipinski definition) is 3. The molecular weight excluding hydrogens is 322 g/mol. The van der Waals surface area contributed by atoms with E-state index in [4.69, 9.17) is 0 Å². The first kappa shape index (κ1) is 17.4. The lowest BCUT2D eigenvalue weighted by molar-refractivity contribution is 1.01. The fraction of sp³-hybridized carbons (Fsp3) is 0.0909. The highest BCUT2D eigenvalue weighted by Crippen LogP contribution is 2.17. The van der Waals surface area contributed by atoms with Crippen LogP contribution in [0.2, 0.25) is 0 Å². The van der Waals surface area contributed by atoms with Crippen LogP contribution < -0.4 is 21.3 Å². The third-order valence-electron chi connectivity index (χ3n) is 4.00. The topological polar surface area (TPSA) is 46.4 Å². The highest BCUT2D eigenvalue weighted by molar-refractivity contribution is 5.91. The lowest BCUT2D eigenvalue weighted by atomic mass is 10.2. The molecule has 0 amide bonds. The number of allylic oxidation sites excluding steroid dienone is 5. The predicted octanol–water partition coefficient (Wildman–Crippen LogP) is 2.84. The van der Waals surface area contributed by atoms with E-state index in [1.807, 2.05) is 66.1 Å². The Morgan fingerprint density at radius 2 is 2.12 bits per heavy atom. The first-order valence-electron chi connectivity index (χ1n) is 8.49. The van der Waals surface area contributed by atoms with E-state index in [9.17, 15) is 4.79 Å². The van der Waals surface area contributed by atoms with E-state index in [1.165, 1.54) is 0 Å². The van der Waals surface area contributed by atoms with Gasteiger partial charge in [0.1, 0.15) is 5.82 Å². The van der Waals surface area contributed by atoms with Crippen molar-refractivity contribution in [3.05, 3.63) is 88.1 Å². The Labute approximate surface area is 152 Å². The molecule has 0 saturated carbocycles. The van der Waals surface area contributed by atoms with E-state index in [0.29, 0.717) is 17.6 Å². The van der Waals surface area contributed by atoms with E-state index in [2.05, 4.69) is 16.9 Å². The van der Waals surface area contributed by atoms with Crippen molar-refractivity contribution in [3.8, 4) is 0 Å². The van der Waals surface area contributed by atoms with Gasteiger partial charge in [-0.15, -0.1) is 0 Å². The fourth-order valence-electron chi connectivity index (χ4n) is 2.81. The number of fused-ring (bicyclic) bond motifs is 1. The van der Waals surface area contributed by atoms with Gasteiger partial charge in [-0.05, 0) is 43.4 Å². The molecular formula is C22H21N3O. The van der Waals surface area contributed by atoms with E-state index < -0.39 is 0 Å². The van der Waals surface area contributed by atoms with E-state index in [0.717, 1.165) is 16.7 Å². The minimum atomic E-state index is -0.0475. The third kappa shape index (κ3) is 3.64. The molecule has 2 aromatic rings. The molecule has 1 aromatic heterocycles. The molecule has 1 N–H and O–H groups in total. The zero-order valence-electron chi connectivity index (χ0n) is 14.7. The van der Waals surface area contributed by atoms with Crippen molar-refractivity contribution in [2.75, 3.05) is 11.9 Å². The number of aliphatic imine (C=N–C) groups is 1. The Morgan fingerprint density at radius 1 is 1.31 bits per heavy atom. The summed E-state index contributed by atoms with van der Waals surface area (Å²) in [7, 11) is 0. The first-order chi connectivity index (χ1) is 12.7. The number of benzene rings is 1. The lowest BCUT2D eigenvalue weighted by Crippen LogP contribution is -2.45. The van der Waals surface area contributed by atoms with Gasteiger partial charge in [0, 0.05) is 28.9 Å². The molecule has 0 bridgehead atoms. The molecule has 0 radical (unpaired) electrons. The highest BCUT2D eigenvalue weighted by atomic mass is 16.1. The number of para-hydroxylation sites is 1. The van der Waals surface area contributed by atoms with E-state index >= 15 is 0 Å². The van der Waals surface area contributed by atoms with Crippen LogP contribution in [-0.2, 0) is 0 Å². The summed E-state index contributed by atoms with van der Waals surface area (Å²) in [6.07, 6.45) is 13.1. The van der Waals surface area contributed by atoms with Crippen LogP contribution in [0.25, 0.3) is 17.8 Å². The van der Waals surface area contributed by atoms with Crippen molar-refractivity contribution in [2.24, 2.45) is 4.99 Å². The molecule has 26 heavy (non-hydrogen) atoms. The zero-order valence-corrected chi connectivity index (χ0v) is 14.7. The molecule has 1 aliphatic rings. The lowest BCUT2D eigenvalue weighted by Gasteiger charge is -2.17. The Hall–Kier alpha value is -3.40. The summed E-state index contributed by atoms with van der Waals surface area (Å²) >= 11 is 0. The van der Waals surface area contributed by atoms with E-state index in [1.54, 1.807) is 24.4 Å². The van der Waals surface area contributed by atoms with Gasteiger partial charge in [-0.1, -0.05) is 36.9 Å². The van der Waals surface area contributed by atoms with Crippen LogP contribution in [0.15, 0.2) is 77.1 Å². The number of nitrogens with zero attached hydrogens (tertiary/aromatic N) is 2. The molecule has 130 valence electrons. The van der Waals surface area contributed by atoms with Gasteiger partial charge < -0.3 is 5.32 Å². The summed E-state index contributed by atoms with van der Waals surface area (Å²) in [6.45, 7) is 6.43. The average Bonchev–Trinajstić information content (AvgIpc) is 2.91. The van der Waals surface area contributed by atoms with Gasteiger partial charge in [0.25, 0.3) is 0 Å². The van der Waals surface area contributed by atoms with Crippen molar-refractivity contribution < 1.29 is 0 Å². The second kappa shape index (κ2) is 8.12. The molecule has 0 spiro atoms. The Bertz CT molecular complexity index is 1070. The van der Waals surface area contributed by atoms with Crippen molar-refractivity contribution in [1.82, 2.24) is 4.57 Å². The van der Waals surface area contributed by atoms with Gasteiger partial charge in [0.05, 0.1) is 11.9 Å². The maximum absolute atomic E-state index is 12.7. The number of aromatic nitrogens is 1. The molecule has 3 rings (SSSR count). The van der Waals surface area contributed by atoms with Gasteiger partial charge in [-0.2, -0.15) is 0 Å². The normalized spacial score (nSPS) is 13.5. The van der Waals surface area contributed by atoms with Crippen molar-refractivity contribution in [3.63, 3.8) is 0 Å². The largest absolute Gasteiger partial charge is 0.341 e. The molecule has 0 aliphatic carbocycles. The maximum Gasteiger partial charge on any atom is 0.191 e. The standard InChI is InChI=1S/C22H21N3O/c1-3-5-11-18(4-2)25-20-13-15-23-14-12-19(20)21(26)16-22(25)24-17-9-7-6-8-10-17/h3-14,16,24H,2,15H2,1H3/b5-3-,18-11+. The van der Waals surface area contributed by atoms with Crippen LogP contribution in [-0.4, -0.2) is 17.3 Å². The highest BCUT2D eigenvalue weighted by Gasteiger charge is 2.10. The van der Waals surface area contributed by atoms with Crippen molar-refractivity contribution in [2.45, 2.75) is 6.92 Å². The molecule has 4 nitrogen and oxygen atoms in total. The summed E-state index contributed by atoms with van der Waals surface area (Å²) in [5, 5.41) is 4.78. The molecule has 0 fully saturated rings. The fourth-order valence-corrected chi connectivity index (χ4v) is 2.81. The summed E-state index contributed by atoms with van der Waals surface area (Å²) in [4.78, 5) is 16.9. The van der Waals surface area contributed by atoms with Gasteiger partial charge in [-0.25, -0.2) is 0 Å². The van der Waals surface area contributed by atoms with Gasteiger partial charge >= 0.3 is 0 Å². The molecule has 2 heterocycles. The summed E-state index contributed by atoms with van der Waals surface area (Å²) in [6, 6.07) is 11.4. The van der Waals surface area contributed by atoms with Crippen LogP contribution >= 0.6 is 0 Å². The first-order valence-corrected chi connectivity index (χ1v) is 8.49. The summed E-state index contributed by atoms with van der Waals surface area (Å²) in [5.74, 6) is 0.683. The number of nitrogens with one attached hydrogen (secondary N) is 1. The van der Waals surface area contributed by atoms with E-state index in [-0.39, 0.29) is 5.43 Å². The average molecular weight is 343 g/mol. The second-order valence-corrected chi connectivity index (χ2v) is 5.73. The monoisotopic (exact) mass is 343 g/mol. The van der Waals surface area contributed by atoms with Crippen LogP contribution in [0.4, 0.5) is 11.5 Å². The van der Waals surface area contributed by atoms with Crippen LogP contribution in [0.1, 0.15) is 6.92 Å². The van der Waals surface area contributed by atoms with Gasteiger partial charge in [0.2, 0.25) is 0 Å². The van der Waals surface area contributed by atoms with Gasteiger partial charge in [0.15, 0.2) is 5.43 Å². The molecule has 1 aromatic carbocycles. The SMILES string of the molecule is C=C/C(=C\C=C/C)n1c(Nc2ccccc2)cc(=O)c2c1=CCN=CC=2. The maximum atomic E-state index is 12.7. The zero-order chi connectivity index (χ0) is 18.4. The summed E-state index contributed by atoms with van der Waals surface area (Å²) < 4.78 is 2.00. The molecule has 0 atom stereocenters. The third-order valence-corrected chi connectivity index (χ3v) is 4.00. The van der Waals surface area contributed by atoms with Crippen LogP contribution in [0.5, 0.6) is 0 Å². The Morgan fingerprint density at radius 3 is 2.85 bits per heavy atom.